The molecule has 3 rings (SSSR count). The van der Waals surface area contributed by atoms with E-state index in [1.54, 1.807) is 13.8 Å². The number of nitrogens with zero attached hydrogens (tertiary/aromatic N) is 5. The lowest BCUT2D eigenvalue weighted by atomic mass is 9.96. The van der Waals surface area contributed by atoms with Crippen LogP contribution in [-0.2, 0) is 0 Å². The highest BCUT2D eigenvalue weighted by Gasteiger charge is 2.26. The third kappa shape index (κ3) is 3.59. The Morgan fingerprint density at radius 3 is 2.21 bits per heavy atom. The molecule has 0 unspecified atom stereocenters. The van der Waals surface area contributed by atoms with Crippen LogP contribution in [0.3, 0.4) is 0 Å². The first-order valence-electron chi connectivity index (χ1n) is 7.71. The molecule has 2 amide bonds. The van der Waals surface area contributed by atoms with Gasteiger partial charge in [-0.25, -0.2) is 0 Å². The maximum absolute atomic E-state index is 12.4. The van der Waals surface area contributed by atoms with Gasteiger partial charge in [-0.2, -0.15) is 0 Å². The maximum atomic E-state index is 12.4. The number of hydrogen-bond donors (Lipinski definition) is 1. The molecule has 1 aliphatic rings. The van der Waals surface area contributed by atoms with Crippen molar-refractivity contribution in [3.05, 3.63) is 21.1 Å². The molecule has 0 atom stereocenters. The van der Waals surface area contributed by atoms with E-state index >= 15 is 0 Å². The Hall–Kier alpha value is -1.94. The van der Waals surface area contributed by atoms with Crippen molar-refractivity contribution < 1.29 is 9.59 Å². The quantitative estimate of drug-likeness (QED) is 0.875. The Morgan fingerprint density at radius 2 is 1.67 bits per heavy atom. The van der Waals surface area contributed by atoms with Crippen molar-refractivity contribution in [2.45, 2.75) is 26.7 Å². The van der Waals surface area contributed by atoms with Gasteiger partial charge in [0, 0.05) is 19.6 Å². The van der Waals surface area contributed by atoms with Crippen LogP contribution < -0.4 is 5.32 Å². The van der Waals surface area contributed by atoms with Crippen LogP contribution in [0, 0.1) is 19.8 Å². The Morgan fingerprint density at radius 1 is 1.08 bits per heavy atom. The van der Waals surface area contributed by atoms with Crippen LogP contribution in [0.25, 0.3) is 0 Å². The number of carbonyl (C=O) groups is 2. The van der Waals surface area contributed by atoms with Gasteiger partial charge in [0.25, 0.3) is 11.8 Å². The molecule has 2 aromatic heterocycles. The van der Waals surface area contributed by atoms with Crippen LogP contribution in [0.15, 0.2) is 0 Å². The van der Waals surface area contributed by atoms with E-state index in [1.807, 2.05) is 4.90 Å². The van der Waals surface area contributed by atoms with Crippen LogP contribution in [0.5, 0.6) is 0 Å². The number of amides is 2. The van der Waals surface area contributed by atoms with Crippen LogP contribution in [-0.4, -0.2) is 55.5 Å². The number of carbonyl (C=O) groups excluding carboxylic acids is 2. The molecule has 0 aromatic carbocycles. The SMILES string of the molecule is Cc1nnsc1C(=O)NCC1CCN(C(=O)c2snnc2C)CC1. The van der Waals surface area contributed by atoms with E-state index in [1.165, 1.54) is 0 Å². The number of nitrogens with one attached hydrogen (secondary N) is 1. The summed E-state index contributed by atoms with van der Waals surface area (Å²) in [4.78, 5) is 27.5. The Bertz CT molecular complexity index is 735. The van der Waals surface area contributed by atoms with Crippen LogP contribution in [0.2, 0.25) is 0 Å². The molecule has 8 nitrogen and oxygen atoms in total. The van der Waals surface area contributed by atoms with Gasteiger partial charge in [0.2, 0.25) is 0 Å². The second-order valence-electron chi connectivity index (χ2n) is 5.82. The molecule has 2 aromatic rings. The molecule has 0 radical (unpaired) electrons. The highest BCUT2D eigenvalue weighted by atomic mass is 32.1. The van der Waals surface area contributed by atoms with Crippen molar-refractivity contribution in [1.82, 2.24) is 29.4 Å². The van der Waals surface area contributed by atoms with Gasteiger partial charge in [0.05, 0.1) is 11.4 Å². The Balaban J connectivity index is 1.47. The fourth-order valence-corrected chi connectivity index (χ4v) is 3.87. The van der Waals surface area contributed by atoms with Crippen molar-refractivity contribution in [1.29, 1.82) is 0 Å². The summed E-state index contributed by atoms with van der Waals surface area (Å²) in [6.07, 6.45) is 1.74. The van der Waals surface area contributed by atoms with Crippen molar-refractivity contribution in [2.24, 2.45) is 5.92 Å². The highest BCUT2D eigenvalue weighted by molar-refractivity contribution is 7.08. The second-order valence-corrected chi connectivity index (χ2v) is 7.33. The summed E-state index contributed by atoms with van der Waals surface area (Å²) in [6.45, 7) is 5.57. The Labute approximate surface area is 147 Å². The second kappa shape index (κ2) is 7.31. The van der Waals surface area contributed by atoms with E-state index in [9.17, 15) is 9.59 Å². The number of piperidine rings is 1. The maximum Gasteiger partial charge on any atom is 0.267 e. The minimum Gasteiger partial charge on any atom is -0.351 e. The van der Waals surface area contributed by atoms with Crippen LogP contribution in [0.1, 0.15) is 43.6 Å². The summed E-state index contributed by atoms with van der Waals surface area (Å²) < 4.78 is 7.60. The third-order valence-electron chi connectivity index (χ3n) is 4.16. The summed E-state index contributed by atoms with van der Waals surface area (Å²) >= 11 is 2.26. The lowest BCUT2D eigenvalue weighted by molar-refractivity contribution is 0.0688. The molecular formula is C14H18N6O2S2. The van der Waals surface area contributed by atoms with Gasteiger partial charge in [0.1, 0.15) is 9.75 Å². The average molecular weight is 366 g/mol. The number of hydrogen-bond acceptors (Lipinski definition) is 8. The molecule has 1 fully saturated rings. The number of likely N-dealkylation sites (tertiary alicyclic amines) is 1. The first-order chi connectivity index (χ1) is 11.6. The van der Waals surface area contributed by atoms with Gasteiger partial charge in [-0.1, -0.05) is 8.98 Å². The largest absolute Gasteiger partial charge is 0.351 e. The summed E-state index contributed by atoms with van der Waals surface area (Å²) in [6, 6.07) is 0. The number of aromatic nitrogens is 4. The van der Waals surface area contributed by atoms with E-state index in [0.29, 0.717) is 46.7 Å². The van der Waals surface area contributed by atoms with Gasteiger partial charge in [0.15, 0.2) is 0 Å². The molecule has 0 bridgehead atoms. The summed E-state index contributed by atoms with van der Waals surface area (Å²) in [5, 5.41) is 10.7. The normalized spacial score (nSPS) is 15.5. The van der Waals surface area contributed by atoms with E-state index < -0.39 is 0 Å². The highest BCUT2D eigenvalue weighted by Crippen LogP contribution is 2.21. The molecular weight excluding hydrogens is 348 g/mol. The van der Waals surface area contributed by atoms with Crippen molar-refractivity contribution in [2.75, 3.05) is 19.6 Å². The number of rotatable bonds is 4. The average Bonchev–Trinajstić information content (AvgIpc) is 3.20. The monoisotopic (exact) mass is 366 g/mol. The molecule has 0 aliphatic carbocycles. The lowest BCUT2D eigenvalue weighted by Gasteiger charge is -2.31. The Kier molecular flexibility index (Phi) is 5.14. The van der Waals surface area contributed by atoms with E-state index in [0.717, 1.165) is 35.9 Å². The van der Waals surface area contributed by atoms with Gasteiger partial charge >= 0.3 is 0 Å². The minimum atomic E-state index is -0.118. The van der Waals surface area contributed by atoms with E-state index in [-0.39, 0.29) is 11.8 Å². The topological polar surface area (TPSA) is 101 Å². The van der Waals surface area contributed by atoms with E-state index in [2.05, 4.69) is 24.5 Å². The first kappa shape index (κ1) is 16.9. The summed E-state index contributed by atoms with van der Waals surface area (Å²) in [5.74, 6) is 0.267. The summed E-state index contributed by atoms with van der Waals surface area (Å²) in [5.41, 5.74) is 1.35. The zero-order valence-electron chi connectivity index (χ0n) is 13.5. The molecule has 10 heteroatoms. The van der Waals surface area contributed by atoms with Crippen LogP contribution >= 0.6 is 23.1 Å². The van der Waals surface area contributed by atoms with E-state index in [4.69, 9.17) is 0 Å². The zero-order valence-corrected chi connectivity index (χ0v) is 15.1. The smallest absolute Gasteiger partial charge is 0.267 e. The van der Waals surface area contributed by atoms with Gasteiger partial charge < -0.3 is 10.2 Å². The van der Waals surface area contributed by atoms with Crippen molar-refractivity contribution in [3.63, 3.8) is 0 Å². The molecule has 24 heavy (non-hydrogen) atoms. The predicted octanol–water partition coefficient (Wildman–Crippen LogP) is 1.29. The molecule has 1 aliphatic heterocycles. The van der Waals surface area contributed by atoms with Gasteiger partial charge in [-0.3, -0.25) is 9.59 Å². The summed E-state index contributed by atoms with van der Waals surface area (Å²) in [7, 11) is 0. The fraction of sp³-hybridized carbons (Fsp3) is 0.571. The standard InChI is InChI=1S/C14H18N6O2S2/c1-8-11(23-18-16-8)13(21)15-7-10-3-5-20(6-4-10)14(22)12-9(2)17-19-24-12/h10H,3-7H2,1-2H3,(H,15,21). The minimum absolute atomic E-state index is 0.0105. The molecule has 0 saturated carbocycles. The molecule has 1 saturated heterocycles. The molecule has 128 valence electrons. The first-order valence-corrected chi connectivity index (χ1v) is 9.26. The third-order valence-corrected chi connectivity index (χ3v) is 5.80. The van der Waals surface area contributed by atoms with Crippen molar-refractivity contribution >= 4 is 34.9 Å². The fourth-order valence-electron chi connectivity index (χ4n) is 2.67. The van der Waals surface area contributed by atoms with Crippen LogP contribution in [0.4, 0.5) is 0 Å². The molecule has 1 N–H and O–H groups in total. The number of aryl methyl sites for hydroxylation is 2. The molecule has 3 heterocycles. The lowest BCUT2D eigenvalue weighted by Crippen LogP contribution is -2.41. The predicted molar refractivity (Wildman–Crippen MR) is 90.3 cm³/mol. The molecule has 0 spiro atoms. The zero-order chi connectivity index (χ0) is 17.1. The van der Waals surface area contributed by atoms with Gasteiger partial charge in [-0.05, 0) is 55.7 Å². The van der Waals surface area contributed by atoms with Crippen molar-refractivity contribution in [3.8, 4) is 0 Å². The van der Waals surface area contributed by atoms with Gasteiger partial charge in [-0.15, -0.1) is 10.2 Å².